The Hall–Kier alpha value is -1.68. The third kappa shape index (κ3) is 4.20. The predicted octanol–water partition coefficient (Wildman–Crippen LogP) is 3.89. The molecular weight excluding hydrogens is 284 g/mol. The molecule has 0 spiro atoms. The third-order valence-electron chi connectivity index (χ3n) is 4.38. The number of nitrogens with zero attached hydrogens (tertiary/aromatic N) is 4. The molecular formula is C19H30N4. The van der Waals surface area contributed by atoms with Gasteiger partial charge >= 0.3 is 0 Å². The number of hydrogen-bond donors (Lipinski definition) is 0. The minimum atomic E-state index is 1.06. The molecule has 2 aromatic rings. The number of para-hydroxylation sites is 1. The molecule has 0 N–H and O–H groups in total. The van der Waals surface area contributed by atoms with E-state index in [4.69, 9.17) is 0 Å². The molecule has 1 aromatic carbocycles. The summed E-state index contributed by atoms with van der Waals surface area (Å²) in [5, 5.41) is 1.17. The summed E-state index contributed by atoms with van der Waals surface area (Å²) in [5.41, 5.74) is 3.41. The predicted molar refractivity (Wildman–Crippen MR) is 99.2 cm³/mol. The molecule has 1 saturated heterocycles. The monoisotopic (exact) mass is 314 g/mol. The van der Waals surface area contributed by atoms with Crippen LogP contribution >= 0.6 is 0 Å². The molecule has 126 valence electrons. The lowest BCUT2D eigenvalue weighted by atomic mass is 10.1. The van der Waals surface area contributed by atoms with Crippen molar-refractivity contribution in [2.45, 2.75) is 40.5 Å². The summed E-state index contributed by atoms with van der Waals surface area (Å²) in [6.07, 6.45) is 4.26. The minimum Gasteiger partial charge on any atom is -0.367 e. The molecule has 0 bridgehead atoms. The highest BCUT2D eigenvalue weighted by Gasteiger charge is 2.18. The summed E-state index contributed by atoms with van der Waals surface area (Å²) < 4.78 is 0. The summed E-state index contributed by atoms with van der Waals surface area (Å²) in [6.45, 7) is 14.0. The first-order chi connectivity index (χ1) is 11.3. The lowest BCUT2D eigenvalue weighted by Gasteiger charge is -2.36. The van der Waals surface area contributed by atoms with E-state index in [0.29, 0.717) is 0 Å². The summed E-state index contributed by atoms with van der Waals surface area (Å²) in [5.74, 6) is 0. The first-order valence-electron chi connectivity index (χ1n) is 8.97. The van der Waals surface area contributed by atoms with E-state index in [9.17, 15) is 0 Å². The number of rotatable bonds is 4. The lowest BCUT2D eigenvalue weighted by Crippen LogP contribution is -2.46. The largest absolute Gasteiger partial charge is 0.367 e. The topological polar surface area (TPSA) is 32.3 Å². The van der Waals surface area contributed by atoms with Crippen LogP contribution in [0.2, 0.25) is 0 Å². The first kappa shape index (κ1) is 17.7. The molecule has 0 saturated carbocycles. The smallest absolute Gasteiger partial charge is 0.116 e. The van der Waals surface area contributed by atoms with Gasteiger partial charge in [-0.05, 0) is 26.0 Å². The Labute approximate surface area is 140 Å². The van der Waals surface area contributed by atoms with Crippen LogP contribution in [0, 0.1) is 6.92 Å². The van der Waals surface area contributed by atoms with Crippen molar-refractivity contribution >= 4 is 16.6 Å². The molecule has 1 aliphatic heterocycles. The average molecular weight is 314 g/mol. The van der Waals surface area contributed by atoms with Crippen LogP contribution in [0.25, 0.3) is 10.9 Å². The van der Waals surface area contributed by atoms with Gasteiger partial charge < -0.3 is 4.90 Å². The number of piperazine rings is 1. The average Bonchev–Trinajstić information content (AvgIpc) is 2.62. The standard InChI is InChI=1S/C17H24N4.C2H6/c1-3-4-8-20-9-11-21(12-10-20)16-7-5-6-15-14(2)18-13-19-17(15)16;1-2/h5-7,13H,3-4,8-12H2,1-2H3;1-2H3. The molecule has 2 heterocycles. The van der Waals surface area contributed by atoms with Gasteiger partial charge in [-0.15, -0.1) is 0 Å². The number of benzene rings is 1. The zero-order valence-electron chi connectivity index (χ0n) is 15.0. The maximum atomic E-state index is 4.52. The maximum Gasteiger partial charge on any atom is 0.116 e. The van der Waals surface area contributed by atoms with Crippen molar-refractivity contribution < 1.29 is 0 Å². The van der Waals surface area contributed by atoms with Gasteiger partial charge in [0.1, 0.15) is 6.33 Å². The van der Waals surface area contributed by atoms with E-state index in [1.165, 1.54) is 30.5 Å². The SMILES string of the molecule is CC.CCCCN1CCN(c2cccc3c(C)ncnc23)CC1. The number of aryl methyl sites for hydroxylation is 1. The van der Waals surface area contributed by atoms with Gasteiger partial charge in [0.15, 0.2) is 0 Å². The van der Waals surface area contributed by atoms with E-state index in [2.05, 4.69) is 51.8 Å². The van der Waals surface area contributed by atoms with Crippen molar-refractivity contribution in [1.82, 2.24) is 14.9 Å². The highest BCUT2D eigenvalue weighted by atomic mass is 15.3. The molecule has 1 fully saturated rings. The molecule has 0 radical (unpaired) electrons. The maximum absolute atomic E-state index is 4.52. The number of fused-ring (bicyclic) bond motifs is 1. The fourth-order valence-electron chi connectivity index (χ4n) is 3.05. The molecule has 0 aliphatic carbocycles. The fraction of sp³-hybridized carbons (Fsp3) is 0.579. The summed E-state index contributed by atoms with van der Waals surface area (Å²) in [7, 11) is 0. The lowest BCUT2D eigenvalue weighted by molar-refractivity contribution is 0.254. The van der Waals surface area contributed by atoms with Crippen LogP contribution in [0.1, 0.15) is 39.3 Å². The normalized spacial score (nSPS) is 15.4. The molecule has 1 aromatic heterocycles. The zero-order valence-corrected chi connectivity index (χ0v) is 15.0. The van der Waals surface area contributed by atoms with Crippen LogP contribution in [0.15, 0.2) is 24.5 Å². The second kappa shape index (κ2) is 8.82. The summed E-state index contributed by atoms with van der Waals surface area (Å²) in [4.78, 5) is 13.9. The number of anilines is 1. The zero-order chi connectivity index (χ0) is 16.7. The van der Waals surface area contributed by atoms with Crippen LogP contribution in [-0.2, 0) is 0 Å². The van der Waals surface area contributed by atoms with Crippen molar-refractivity contribution in [1.29, 1.82) is 0 Å². The molecule has 4 nitrogen and oxygen atoms in total. The van der Waals surface area contributed by atoms with E-state index in [1.54, 1.807) is 6.33 Å². The first-order valence-corrected chi connectivity index (χ1v) is 8.97. The second-order valence-electron chi connectivity index (χ2n) is 5.81. The van der Waals surface area contributed by atoms with Gasteiger partial charge in [0, 0.05) is 37.3 Å². The molecule has 4 heteroatoms. The molecule has 0 unspecified atom stereocenters. The molecule has 0 atom stereocenters. The molecule has 1 aliphatic rings. The summed E-state index contributed by atoms with van der Waals surface area (Å²) >= 11 is 0. The van der Waals surface area contributed by atoms with Crippen molar-refractivity contribution in [3.8, 4) is 0 Å². The van der Waals surface area contributed by atoms with Crippen molar-refractivity contribution in [3.63, 3.8) is 0 Å². The number of unbranched alkanes of at least 4 members (excludes halogenated alkanes) is 1. The van der Waals surface area contributed by atoms with Crippen LogP contribution in [0.5, 0.6) is 0 Å². The minimum absolute atomic E-state index is 1.06. The van der Waals surface area contributed by atoms with Crippen LogP contribution in [0.3, 0.4) is 0 Å². The molecule has 3 rings (SSSR count). The third-order valence-corrected chi connectivity index (χ3v) is 4.38. The van der Waals surface area contributed by atoms with E-state index in [-0.39, 0.29) is 0 Å². The summed E-state index contributed by atoms with van der Waals surface area (Å²) in [6, 6.07) is 6.43. The molecule has 0 amide bonds. The number of aromatic nitrogens is 2. The Morgan fingerprint density at radius 1 is 1.04 bits per heavy atom. The Morgan fingerprint density at radius 2 is 1.78 bits per heavy atom. The van der Waals surface area contributed by atoms with Gasteiger partial charge in [0.05, 0.1) is 11.2 Å². The van der Waals surface area contributed by atoms with Crippen LogP contribution < -0.4 is 4.90 Å². The van der Waals surface area contributed by atoms with Crippen molar-refractivity contribution in [2.75, 3.05) is 37.6 Å². The highest BCUT2D eigenvalue weighted by Crippen LogP contribution is 2.26. The van der Waals surface area contributed by atoms with Gasteiger partial charge in [-0.2, -0.15) is 0 Å². The Bertz CT molecular complexity index is 603. The Kier molecular flexibility index (Phi) is 6.78. The van der Waals surface area contributed by atoms with Gasteiger partial charge in [-0.25, -0.2) is 9.97 Å². The Morgan fingerprint density at radius 3 is 2.48 bits per heavy atom. The van der Waals surface area contributed by atoms with E-state index in [1.807, 2.05) is 13.8 Å². The second-order valence-corrected chi connectivity index (χ2v) is 5.81. The van der Waals surface area contributed by atoms with Crippen LogP contribution in [0.4, 0.5) is 5.69 Å². The van der Waals surface area contributed by atoms with Gasteiger partial charge in [0.2, 0.25) is 0 Å². The van der Waals surface area contributed by atoms with Crippen LogP contribution in [-0.4, -0.2) is 47.6 Å². The van der Waals surface area contributed by atoms with Gasteiger partial charge in [-0.1, -0.05) is 39.3 Å². The highest BCUT2D eigenvalue weighted by molar-refractivity contribution is 5.92. The van der Waals surface area contributed by atoms with Crippen molar-refractivity contribution in [3.05, 3.63) is 30.2 Å². The number of hydrogen-bond acceptors (Lipinski definition) is 4. The quantitative estimate of drug-likeness (QED) is 0.857. The molecule has 23 heavy (non-hydrogen) atoms. The van der Waals surface area contributed by atoms with Crippen molar-refractivity contribution in [2.24, 2.45) is 0 Å². The fourth-order valence-corrected chi connectivity index (χ4v) is 3.05. The van der Waals surface area contributed by atoms with Gasteiger partial charge in [0.25, 0.3) is 0 Å². The van der Waals surface area contributed by atoms with E-state index in [0.717, 1.165) is 37.4 Å². The Balaban J connectivity index is 0.000000924. The van der Waals surface area contributed by atoms with E-state index < -0.39 is 0 Å². The van der Waals surface area contributed by atoms with E-state index >= 15 is 0 Å². The van der Waals surface area contributed by atoms with Gasteiger partial charge in [-0.3, -0.25) is 4.90 Å².